The van der Waals surface area contributed by atoms with Crippen molar-refractivity contribution in [1.82, 2.24) is 5.32 Å². The van der Waals surface area contributed by atoms with Gasteiger partial charge in [0.2, 0.25) is 0 Å². The van der Waals surface area contributed by atoms with Gasteiger partial charge in [-0.2, -0.15) is 0 Å². The zero-order chi connectivity index (χ0) is 15.1. The molecule has 1 aromatic rings. The van der Waals surface area contributed by atoms with E-state index in [9.17, 15) is 0 Å². The minimum Gasteiger partial charge on any atom is -0.319 e. The van der Waals surface area contributed by atoms with Gasteiger partial charge in [-0.1, -0.05) is 60.3 Å². The number of rotatable bonds is 7. The summed E-state index contributed by atoms with van der Waals surface area (Å²) in [6.07, 6.45) is 11.0. The van der Waals surface area contributed by atoms with Crippen LogP contribution < -0.4 is 5.32 Å². The molecule has 2 heteroatoms. The molecule has 1 nitrogen and oxygen atoms in total. The minimum atomic E-state index is 0.460. The normalized spacial score (nSPS) is 26.0. The van der Waals surface area contributed by atoms with Gasteiger partial charge in [-0.05, 0) is 62.1 Å². The Morgan fingerprint density at radius 1 is 1.24 bits per heavy atom. The van der Waals surface area contributed by atoms with E-state index >= 15 is 0 Å². The molecule has 0 heterocycles. The lowest BCUT2D eigenvalue weighted by Crippen LogP contribution is -2.38. The first-order valence-electron chi connectivity index (χ1n) is 8.57. The molecule has 0 bridgehead atoms. The summed E-state index contributed by atoms with van der Waals surface area (Å²) in [4.78, 5) is 0. The minimum absolute atomic E-state index is 0.460. The number of hydrogen-bond acceptors (Lipinski definition) is 1. The van der Waals surface area contributed by atoms with Crippen LogP contribution in [0.3, 0.4) is 0 Å². The Labute approximate surface area is 139 Å². The number of hydrogen-bond donors (Lipinski definition) is 1. The van der Waals surface area contributed by atoms with Crippen LogP contribution in [0.1, 0.15) is 57.4 Å². The summed E-state index contributed by atoms with van der Waals surface area (Å²) in [5, 5.41) is 3.46. The maximum atomic E-state index is 3.72. The molecule has 1 N–H and O–H groups in total. The van der Waals surface area contributed by atoms with Gasteiger partial charge < -0.3 is 5.32 Å². The average Bonchev–Trinajstić information content (AvgIpc) is 2.50. The van der Waals surface area contributed by atoms with E-state index in [1.165, 1.54) is 61.4 Å². The first kappa shape index (κ1) is 17.0. The van der Waals surface area contributed by atoms with Crippen molar-refractivity contribution < 1.29 is 0 Å². The fourth-order valence-corrected chi connectivity index (χ4v) is 4.33. The van der Waals surface area contributed by atoms with Crippen LogP contribution in [-0.2, 0) is 6.42 Å². The lowest BCUT2D eigenvalue weighted by atomic mass is 9.66. The molecule has 0 aromatic heterocycles. The van der Waals surface area contributed by atoms with Crippen LogP contribution in [0.15, 0.2) is 28.7 Å². The Morgan fingerprint density at radius 2 is 1.95 bits per heavy atom. The molecule has 21 heavy (non-hydrogen) atoms. The predicted octanol–water partition coefficient (Wildman–Crippen LogP) is 5.58. The van der Waals surface area contributed by atoms with E-state index in [1.807, 2.05) is 0 Å². The van der Waals surface area contributed by atoms with Gasteiger partial charge >= 0.3 is 0 Å². The molecule has 1 saturated carbocycles. The third-order valence-corrected chi connectivity index (χ3v) is 5.98. The highest BCUT2D eigenvalue weighted by Crippen LogP contribution is 2.43. The zero-order valence-electron chi connectivity index (χ0n) is 13.6. The highest BCUT2D eigenvalue weighted by atomic mass is 79.9. The average molecular weight is 352 g/mol. The molecule has 0 saturated heterocycles. The first-order valence-corrected chi connectivity index (χ1v) is 9.36. The van der Waals surface area contributed by atoms with E-state index in [-0.39, 0.29) is 0 Å². The van der Waals surface area contributed by atoms with Gasteiger partial charge in [0.25, 0.3) is 0 Å². The quantitative estimate of drug-likeness (QED) is 0.676. The Bertz CT molecular complexity index is 421. The van der Waals surface area contributed by atoms with Crippen molar-refractivity contribution in [3.05, 3.63) is 34.3 Å². The first-order chi connectivity index (χ1) is 10.2. The van der Waals surface area contributed by atoms with Crippen molar-refractivity contribution in [1.29, 1.82) is 0 Å². The smallest absolute Gasteiger partial charge is 0.0207 e. The lowest BCUT2D eigenvalue weighted by Gasteiger charge is -2.41. The van der Waals surface area contributed by atoms with E-state index in [2.05, 4.69) is 59.5 Å². The van der Waals surface area contributed by atoms with Crippen molar-refractivity contribution in [2.24, 2.45) is 11.3 Å². The molecule has 2 rings (SSSR count). The number of halogens is 1. The summed E-state index contributed by atoms with van der Waals surface area (Å²) in [5.41, 5.74) is 1.93. The molecular formula is C19H30BrN. The van der Waals surface area contributed by atoms with E-state index in [0.717, 1.165) is 12.5 Å². The fraction of sp³-hybridized carbons (Fsp3) is 0.684. The second kappa shape index (κ2) is 8.33. The van der Waals surface area contributed by atoms with Crippen LogP contribution in [0.4, 0.5) is 0 Å². The third kappa shape index (κ3) is 4.82. The predicted molar refractivity (Wildman–Crippen MR) is 95.7 cm³/mol. The molecule has 0 spiro atoms. The summed E-state index contributed by atoms with van der Waals surface area (Å²) in [5.74, 6) is 0.981. The van der Waals surface area contributed by atoms with Crippen molar-refractivity contribution in [2.45, 2.75) is 58.3 Å². The number of nitrogens with one attached hydrogen (secondary N) is 1. The van der Waals surface area contributed by atoms with Gasteiger partial charge in [0.1, 0.15) is 0 Å². The van der Waals surface area contributed by atoms with Crippen LogP contribution in [0.25, 0.3) is 0 Å². The van der Waals surface area contributed by atoms with Crippen molar-refractivity contribution in [2.75, 3.05) is 13.6 Å². The van der Waals surface area contributed by atoms with Gasteiger partial charge in [0.15, 0.2) is 0 Å². The summed E-state index contributed by atoms with van der Waals surface area (Å²) in [7, 11) is 2.10. The topological polar surface area (TPSA) is 12.0 Å². The van der Waals surface area contributed by atoms with E-state index in [1.54, 1.807) is 0 Å². The molecule has 0 aliphatic heterocycles. The Balaban J connectivity index is 2.00. The van der Waals surface area contributed by atoms with Crippen LogP contribution in [0, 0.1) is 11.3 Å². The second-order valence-electron chi connectivity index (χ2n) is 6.88. The molecule has 0 unspecified atom stereocenters. The van der Waals surface area contributed by atoms with E-state index in [4.69, 9.17) is 0 Å². The molecule has 0 amide bonds. The molecule has 1 fully saturated rings. The van der Waals surface area contributed by atoms with E-state index < -0.39 is 0 Å². The molecule has 1 aliphatic carbocycles. The molecule has 118 valence electrons. The van der Waals surface area contributed by atoms with Crippen molar-refractivity contribution >= 4 is 15.9 Å². The molecule has 1 aliphatic rings. The highest BCUT2D eigenvalue weighted by Gasteiger charge is 2.35. The van der Waals surface area contributed by atoms with Crippen molar-refractivity contribution in [3.63, 3.8) is 0 Å². The molecule has 0 atom stereocenters. The maximum Gasteiger partial charge on any atom is 0.0207 e. The van der Waals surface area contributed by atoms with Crippen LogP contribution in [0.2, 0.25) is 0 Å². The Hall–Kier alpha value is -0.340. The SMILES string of the molecule is CCCCC1CCC(CNC)(Cc2ccccc2Br)CC1. The fourth-order valence-electron chi connectivity index (χ4n) is 3.91. The number of unbranched alkanes of at least 4 members (excludes halogenated alkanes) is 1. The van der Waals surface area contributed by atoms with Gasteiger partial charge in [0.05, 0.1) is 0 Å². The summed E-state index contributed by atoms with van der Waals surface area (Å²) in [6.45, 7) is 3.45. The van der Waals surface area contributed by atoms with Crippen LogP contribution in [0.5, 0.6) is 0 Å². The van der Waals surface area contributed by atoms with E-state index in [0.29, 0.717) is 5.41 Å². The van der Waals surface area contributed by atoms with Gasteiger partial charge in [0, 0.05) is 11.0 Å². The van der Waals surface area contributed by atoms with Crippen LogP contribution >= 0.6 is 15.9 Å². The second-order valence-corrected chi connectivity index (χ2v) is 7.74. The third-order valence-electron chi connectivity index (χ3n) is 5.21. The standard InChI is InChI=1S/C19H30BrN/c1-3-4-7-16-10-12-19(13-11-16,15-21-2)14-17-8-5-6-9-18(17)20/h5-6,8-9,16,21H,3-4,7,10-15H2,1-2H3. The molecule has 0 radical (unpaired) electrons. The molecule has 1 aromatic carbocycles. The Morgan fingerprint density at radius 3 is 2.57 bits per heavy atom. The van der Waals surface area contributed by atoms with Crippen LogP contribution in [-0.4, -0.2) is 13.6 Å². The molecular weight excluding hydrogens is 322 g/mol. The van der Waals surface area contributed by atoms with Gasteiger partial charge in [-0.3, -0.25) is 0 Å². The summed E-state index contributed by atoms with van der Waals surface area (Å²) in [6, 6.07) is 8.74. The maximum absolute atomic E-state index is 3.72. The zero-order valence-corrected chi connectivity index (χ0v) is 15.2. The highest BCUT2D eigenvalue weighted by molar-refractivity contribution is 9.10. The Kier molecular flexibility index (Phi) is 6.75. The van der Waals surface area contributed by atoms with Gasteiger partial charge in [-0.25, -0.2) is 0 Å². The van der Waals surface area contributed by atoms with Crippen molar-refractivity contribution in [3.8, 4) is 0 Å². The lowest BCUT2D eigenvalue weighted by molar-refractivity contribution is 0.141. The monoisotopic (exact) mass is 351 g/mol. The number of benzene rings is 1. The summed E-state index contributed by atoms with van der Waals surface area (Å²) >= 11 is 3.72. The largest absolute Gasteiger partial charge is 0.319 e. The van der Waals surface area contributed by atoms with Gasteiger partial charge in [-0.15, -0.1) is 0 Å². The summed E-state index contributed by atoms with van der Waals surface area (Å²) < 4.78 is 1.27.